The molecule has 3 aliphatic carbocycles. The molecule has 0 amide bonds. The highest BCUT2D eigenvalue weighted by Crippen LogP contribution is 2.62. The van der Waals surface area contributed by atoms with Gasteiger partial charge in [0.25, 0.3) is 0 Å². The fraction of sp³-hybridized carbons (Fsp3) is 0.842. The van der Waals surface area contributed by atoms with Gasteiger partial charge in [-0.25, -0.2) is 0 Å². The summed E-state index contributed by atoms with van der Waals surface area (Å²) in [6.07, 6.45) is 10.8. The minimum atomic E-state index is 0.322. The van der Waals surface area contributed by atoms with E-state index >= 15 is 0 Å². The van der Waals surface area contributed by atoms with Crippen LogP contribution in [0, 0.1) is 28.6 Å². The molecule has 0 bridgehead atoms. The van der Waals surface area contributed by atoms with Gasteiger partial charge in [0.15, 0.2) is 5.78 Å². The first-order valence-corrected chi connectivity index (χ1v) is 8.55. The lowest BCUT2D eigenvalue weighted by atomic mass is 9.46. The zero-order valence-electron chi connectivity index (χ0n) is 13.7. The quantitative estimate of drug-likeness (QED) is 0.596. The highest BCUT2D eigenvalue weighted by molar-refractivity contribution is 5.93. The number of fused-ring (bicyclic) bond motifs is 3. The van der Waals surface area contributed by atoms with Crippen molar-refractivity contribution < 1.29 is 4.79 Å². The molecule has 0 aliphatic heterocycles. The predicted molar refractivity (Wildman–Crippen MR) is 83.4 cm³/mol. The van der Waals surface area contributed by atoms with E-state index in [1.54, 1.807) is 0 Å². The molecule has 0 aromatic heterocycles. The van der Waals surface area contributed by atoms with Crippen molar-refractivity contribution in [2.45, 2.75) is 72.6 Å². The summed E-state index contributed by atoms with van der Waals surface area (Å²) in [7, 11) is 0. The normalized spacial score (nSPS) is 44.1. The van der Waals surface area contributed by atoms with Gasteiger partial charge in [-0.1, -0.05) is 32.8 Å². The lowest BCUT2D eigenvalue weighted by molar-refractivity contribution is -0.135. The van der Waals surface area contributed by atoms with Gasteiger partial charge >= 0.3 is 0 Å². The van der Waals surface area contributed by atoms with Crippen molar-refractivity contribution in [1.29, 1.82) is 0 Å². The van der Waals surface area contributed by atoms with E-state index in [2.05, 4.69) is 27.7 Å². The van der Waals surface area contributed by atoms with Crippen LogP contribution in [0.4, 0.5) is 0 Å². The molecule has 2 fully saturated rings. The summed E-state index contributed by atoms with van der Waals surface area (Å²) in [5.74, 6) is 2.20. The fourth-order valence-corrected chi connectivity index (χ4v) is 6.01. The first kappa shape index (κ1) is 14.4. The van der Waals surface area contributed by atoms with Crippen LogP contribution >= 0.6 is 0 Å². The molecule has 2 saturated carbocycles. The topological polar surface area (TPSA) is 17.1 Å². The average molecular weight is 274 g/mol. The third-order valence-corrected chi connectivity index (χ3v) is 6.98. The molecule has 3 aliphatic rings. The van der Waals surface area contributed by atoms with Gasteiger partial charge in [0, 0.05) is 5.92 Å². The molecule has 3 rings (SSSR count). The van der Waals surface area contributed by atoms with Crippen LogP contribution in [0.1, 0.15) is 72.6 Å². The van der Waals surface area contributed by atoms with Gasteiger partial charge in [0.2, 0.25) is 0 Å². The van der Waals surface area contributed by atoms with Crippen LogP contribution in [0.25, 0.3) is 0 Å². The number of hydrogen-bond donors (Lipinski definition) is 0. The summed E-state index contributed by atoms with van der Waals surface area (Å²) in [5, 5.41) is 0. The second-order valence-corrected chi connectivity index (χ2v) is 8.62. The molecule has 20 heavy (non-hydrogen) atoms. The Labute approximate surface area is 124 Å². The lowest BCUT2D eigenvalue weighted by Gasteiger charge is -2.59. The second-order valence-electron chi connectivity index (χ2n) is 8.62. The van der Waals surface area contributed by atoms with Crippen LogP contribution < -0.4 is 0 Å². The Balaban J connectivity index is 1.96. The third-order valence-electron chi connectivity index (χ3n) is 6.98. The van der Waals surface area contributed by atoms with Crippen molar-refractivity contribution in [3.63, 3.8) is 0 Å². The van der Waals surface area contributed by atoms with E-state index in [0.717, 1.165) is 18.8 Å². The van der Waals surface area contributed by atoms with Crippen molar-refractivity contribution >= 4 is 5.78 Å². The van der Waals surface area contributed by atoms with Gasteiger partial charge in [-0.05, 0) is 74.2 Å². The molecule has 0 heterocycles. The van der Waals surface area contributed by atoms with Crippen LogP contribution in [-0.4, -0.2) is 5.78 Å². The highest BCUT2D eigenvalue weighted by atomic mass is 16.1. The summed E-state index contributed by atoms with van der Waals surface area (Å²) in [5.41, 5.74) is 2.17. The molecule has 112 valence electrons. The SMILES string of the molecule is CC1=CC(=O)C2CCC3C(C)(C)CCCC3(C)C2CC1. The van der Waals surface area contributed by atoms with Crippen molar-refractivity contribution in [1.82, 2.24) is 0 Å². The molecule has 1 heteroatoms. The first-order valence-electron chi connectivity index (χ1n) is 8.55. The Morgan fingerprint density at radius 2 is 1.85 bits per heavy atom. The summed E-state index contributed by atoms with van der Waals surface area (Å²) >= 11 is 0. The Morgan fingerprint density at radius 3 is 2.60 bits per heavy atom. The Hall–Kier alpha value is -0.590. The van der Waals surface area contributed by atoms with E-state index in [1.165, 1.54) is 37.7 Å². The monoisotopic (exact) mass is 274 g/mol. The molecule has 0 aromatic rings. The zero-order chi connectivity index (χ0) is 14.5. The van der Waals surface area contributed by atoms with Crippen molar-refractivity contribution in [2.75, 3.05) is 0 Å². The smallest absolute Gasteiger partial charge is 0.158 e. The maximum Gasteiger partial charge on any atom is 0.158 e. The predicted octanol–water partition coefficient (Wildman–Crippen LogP) is 5.15. The standard InChI is InChI=1S/C19H30O/c1-13-6-8-15-14(16(20)12-13)7-9-17-18(2,3)10-5-11-19(15,17)4/h12,14-15,17H,5-11H2,1-4H3. The lowest BCUT2D eigenvalue weighted by Crippen LogP contribution is -2.52. The second kappa shape index (κ2) is 4.71. The fourth-order valence-electron chi connectivity index (χ4n) is 6.01. The van der Waals surface area contributed by atoms with Gasteiger partial charge < -0.3 is 0 Å². The van der Waals surface area contributed by atoms with Crippen molar-refractivity contribution in [3.8, 4) is 0 Å². The summed E-state index contributed by atoms with van der Waals surface area (Å²) in [6.45, 7) is 9.60. The maximum absolute atomic E-state index is 12.6. The van der Waals surface area contributed by atoms with Crippen LogP contribution in [0.15, 0.2) is 11.6 Å². The van der Waals surface area contributed by atoms with Crippen LogP contribution in [0.5, 0.6) is 0 Å². The van der Waals surface area contributed by atoms with E-state index in [1.807, 2.05) is 6.08 Å². The molecule has 0 saturated heterocycles. The number of allylic oxidation sites excluding steroid dienone is 2. The Morgan fingerprint density at radius 1 is 1.10 bits per heavy atom. The molecule has 0 aromatic carbocycles. The third kappa shape index (κ3) is 2.09. The van der Waals surface area contributed by atoms with Gasteiger partial charge in [0.1, 0.15) is 0 Å². The highest BCUT2D eigenvalue weighted by Gasteiger charge is 2.55. The molecule has 4 atom stereocenters. The minimum absolute atomic E-state index is 0.322. The van der Waals surface area contributed by atoms with Gasteiger partial charge in [0.05, 0.1) is 0 Å². The van der Waals surface area contributed by atoms with E-state index < -0.39 is 0 Å². The number of ketones is 1. The molecular formula is C19H30O. The first-order chi connectivity index (χ1) is 9.34. The molecule has 0 N–H and O–H groups in total. The average Bonchev–Trinajstić information content (AvgIpc) is 2.48. The van der Waals surface area contributed by atoms with E-state index in [-0.39, 0.29) is 0 Å². The largest absolute Gasteiger partial charge is 0.295 e. The summed E-state index contributed by atoms with van der Waals surface area (Å²) < 4.78 is 0. The number of carbonyl (C=O) groups excluding carboxylic acids is 1. The van der Waals surface area contributed by atoms with Gasteiger partial charge in [-0.15, -0.1) is 0 Å². The van der Waals surface area contributed by atoms with E-state index in [0.29, 0.717) is 28.4 Å². The van der Waals surface area contributed by atoms with Crippen LogP contribution in [0.2, 0.25) is 0 Å². The van der Waals surface area contributed by atoms with E-state index in [4.69, 9.17) is 0 Å². The molecule has 1 nitrogen and oxygen atoms in total. The zero-order valence-corrected chi connectivity index (χ0v) is 13.7. The van der Waals surface area contributed by atoms with Crippen molar-refractivity contribution in [3.05, 3.63) is 11.6 Å². The Bertz CT molecular complexity index is 445. The number of hydrogen-bond acceptors (Lipinski definition) is 1. The minimum Gasteiger partial charge on any atom is -0.295 e. The molecule has 4 unspecified atom stereocenters. The number of rotatable bonds is 0. The van der Waals surface area contributed by atoms with Crippen LogP contribution in [0.3, 0.4) is 0 Å². The van der Waals surface area contributed by atoms with Crippen LogP contribution in [-0.2, 0) is 4.79 Å². The van der Waals surface area contributed by atoms with Crippen molar-refractivity contribution in [2.24, 2.45) is 28.6 Å². The Kier molecular flexibility index (Phi) is 3.38. The maximum atomic E-state index is 12.6. The van der Waals surface area contributed by atoms with Gasteiger partial charge in [-0.2, -0.15) is 0 Å². The molecule has 0 radical (unpaired) electrons. The number of carbonyl (C=O) groups is 1. The summed E-state index contributed by atoms with van der Waals surface area (Å²) in [6, 6.07) is 0. The van der Waals surface area contributed by atoms with Gasteiger partial charge in [-0.3, -0.25) is 4.79 Å². The summed E-state index contributed by atoms with van der Waals surface area (Å²) in [4.78, 5) is 12.6. The van der Waals surface area contributed by atoms with E-state index in [9.17, 15) is 4.79 Å². The molecule has 0 spiro atoms. The molecular weight excluding hydrogens is 244 g/mol.